The molecule has 0 spiro atoms. The molecular weight excluding hydrogens is 250 g/mol. The Labute approximate surface area is 108 Å². The van der Waals surface area contributed by atoms with Crippen LogP contribution in [-0.2, 0) is 6.42 Å². The second-order valence-corrected chi connectivity index (χ2v) is 5.60. The van der Waals surface area contributed by atoms with Crippen molar-refractivity contribution in [2.45, 2.75) is 19.8 Å². The van der Waals surface area contributed by atoms with E-state index in [1.54, 1.807) is 0 Å². The van der Waals surface area contributed by atoms with E-state index in [9.17, 15) is 0 Å². The van der Waals surface area contributed by atoms with E-state index in [2.05, 4.69) is 27.9 Å². The highest BCUT2D eigenvalue weighted by Gasteiger charge is 2.06. The molecule has 5 heteroatoms. The lowest BCUT2D eigenvalue weighted by Crippen LogP contribution is -1.92. The summed E-state index contributed by atoms with van der Waals surface area (Å²) in [4.78, 5) is 12.1. The second kappa shape index (κ2) is 4.16. The van der Waals surface area contributed by atoms with Crippen LogP contribution in [0.1, 0.15) is 19.0 Å². The number of rotatable bonds is 2. The first kappa shape index (κ1) is 10.8. The molecule has 17 heavy (non-hydrogen) atoms. The largest absolute Gasteiger partial charge is 0.364 e. The van der Waals surface area contributed by atoms with E-state index in [-0.39, 0.29) is 0 Å². The highest BCUT2D eigenvalue weighted by Crippen LogP contribution is 2.24. The first-order valence-electron chi connectivity index (χ1n) is 5.56. The van der Waals surface area contributed by atoms with Crippen molar-refractivity contribution in [2.24, 2.45) is 0 Å². The molecule has 3 heterocycles. The first-order valence-corrected chi connectivity index (χ1v) is 6.78. The molecule has 0 fully saturated rings. The number of hydrogen-bond donors (Lipinski definition) is 1. The molecule has 1 N–H and O–H groups in total. The molecule has 0 aliphatic heterocycles. The summed E-state index contributed by atoms with van der Waals surface area (Å²) < 4.78 is 1.73. The van der Waals surface area contributed by atoms with Gasteiger partial charge in [-0.25, -0.2) is 9.97 Å². The number of pyridine rings is 2. The number of nitrogens with zero attached hydrogens (tertiary/aromatic N) is 2. The molecule has 0 unspecified atom stereocenters. The molecule has 0 aliphatic rings. The quantitative estimate of drug-likeness (QED) is 0.712. The predicted molar refractivity (Wildman–Crippen MR) is 74.1 cm³/mol. The summed E-state index contributed by atoms with van der Waals surface area (Å²) in [5, 5.41) is 1.18. The van der Waals surface area contributed by atoms with E-state index < -0.39 is 0 Å². The standard InChI is InChI=1S/C12H11N3S2/c1-2-3-8-7-6-10-11(15-12(16)17-10)14-9(7)4-5-13-8/h4-6,13H,2-3H2,1H3. The Morgan fingerprint density at radius 3 is 3.12 bits per heavy atom. The lowest BCUT2D eigenvalue weighted by Gasteiger charge is -2.04. The van der Waals surface area contributed by atoms with Crippen LogP contribution in [0.15, 0.2) is 18.3 Å². The molecule has 0 saturated carbocycles. The van der Waals surface area contributed by atoms with Gasteiger partial charge in [0.1, 0.15) is 0 Å². The van der Waals surface area contributed by atoms with Gasteiger partial charge < -0.3 is 4.98 Å². The molecule has 0 radical (unpaired) electrons. The van der Waals surface area contributed by atoms with E-state index in [0.29, 0.717) is 3.95 Å². The number of fused-ring (bicyclic) bond motifs is 2. The number of aromatic nitrogens is 3. The topological polar surface area (TPSA) is 41.6 Å². The SMILES string of the molecule is CCCc1[nH]ccc2nc3nc(=S)sc3cc12. The van der Waals surface area contributed by atoms with E-state index >= 15 is 0 Å². The summed E-state index contributed by atoms with van der Waals surface area (Å²) in [5.41, 5.74) is 2.99. The van der Waals surface area contributed by atoms with Crippen LogP contribution in [0.4, 0.5) is 0 Å². The molecule has 0 atom stereocenters. The van der Waals surface area contributed by atoms with Crippen LogP contribution in [0.2, 0.25) is 0 Å². The van der Waals surface area contributed by atoms with Gasteiger partial charge >= 0.3 is 0 Å². The summed E-state index contributed by atoms with van der Waals surface area (Å²) in [6, 6.07) is 4.13. The highest BCUT2D eigenvalue weighted by molar-refractivity contribution is 7.73. The van der Waals surface area contributed by atoms with Gasteiger partial charge in [-0.2, -0.15) is 0 Å². The fourth-order valence-electron chi connectivity index (χ4n) is 1.98. The Balaban J connectivity index is 2.38. The maximum Gasteiger partial charge on any atom is 0.183 e. The van der Waals surface area contributed by atoms with Crippen LogP contribution in [-0.4, -0.2) is 15.0 Å². The van der Waals surface area contributed by atoms with Crippen molar-refractivity contribution in [2.75, 3.05) is 0 Å². The average molecular weight is 261 g/mol. The summed E-state index contributed by atoms with van der Waals surface area (Å²) in [7, 11) is 0. The fraction of sp³-hybridized carbons (Fsp3) is 0.250. The van der Waals surface area contributed by atoms with E-state index in [0.717, 1.165) is 28.7 Å². The minimum atomic E-state index is 0.656. The van der Waals surface area contributed by atoms with Crippen molar-refractivity contribution in [3.63, 3.8) is 0 Å². The molecule has 0 amide bonds. The molecule has 3 aromatic rings. The third-order valence-corrected chi connectivity index (χ3v) is 3.84. The zero-order valence-electron chi connectivity index (χ0n) is 9.36. The molecule has 0 aliphatic carbocycles. The second-order valence-electron chi connectivity index (χ2n) is 3.93. The number of aryl methyl sites for hydroxylation is 1. The van der Waals surface area contributed by atoms with Gasteiger partial charge in [-0.3, -0.25) is 0 Å². The molecule has 3 rings (SSSR count). The van der Waals surface area contributed by atoms with Crippen LogP contribution in [0.5, 0.6) is 0 Å². The minimum Gasteiger partial charge on any atom is -0.364 e. The summed E-state index contributed by atoms with van der Waals surface area (Å²) in [6.45, 7) is 2.17. The van der Waals surface area contributed by atoms with Crippen molar-refractivity contribution in [1.29, 1.82) is 0 Å². The van der Waals surface area contributed by atoms with Crippen LogP contribution in [0.3, 0.4) is 0 Å². The third kappa shape index (κ3) is 1.85. The molecular formula is C12H11N3S2. The van der Waals surface area contributed by atoms with Crippen molar-refractivity contribution >= 4 is 44.8 Å². The Bertz CT molecular complexity index is 742. The molecule has 0 aromatic carbocycles. The Hall–Kier alpha value is -1.33. The monoisotopic (exact) mass is 261 g/mol. The average Bonchev–Trinajstić information content (AvgIpc) is 2.66. The highest BCUT2D eigenvalue weighted by atomic mass is 32.1. The van der Waals surface area contributed by atoms with Crippen molar-refractivity contribution in [3.05, 3.63) is 28.0 Å². The van der Waals surface area contributed by atoms with Gasteiger partial charge in [0.15, 0.2) is 9.60 Å². The molecule has 0 bridgehead atoms. The van der Waals surface area contributed by atoms with Crippen LogP contribution < -0.4 is 0 Å². The molecule has 3 nitrogen and oxygen atoms in total. The van der Waals surface area contributed by atoms with E-state index in [1.807, 2.05) is 12.3 Å². The van der Waals surface area contributed by atoms with Crippen molar-refractivity contribution in [1.82, 2.24) is 15.0 Å². The number of hydrogen-bond acceptors (Lipinski definition) is 4. The zero-order chi connectivity index (χ0) is 11.8. The Kier molecular flexibility index (Phi) is 2.64. The molecule has 0 saturated heterocycles. The Morgan fingerprint density at radius 1 is 1.41 bits per heavy atom. The first-order chi connectivity index (χ1) is 8.28. The van der Waals surface area contributed by atoms with Gasteiger partial charge in [0.05, 0.1) is 10.2 Å². The number of nitrogens with one attached hydrogen (secondary N) is 1. The smallest absolute Gasteiger partial charge is 0.183 e. The van der Waals surface area contributed by atoms with Gasteiger partial charge in [0.25, 0.3) is 0 Å². The maximum absolute atomic E-state index is 5.10. The summed E-state index contributed by atoms with van der Waals surface area (Å²) >= 11 is 6.62. The van der Waals surface area contributed by atoms with Gasteiger partial charge in [-0.15, -0.1) is 11.3 Å². The summed E-state index contributed by atoms with van der Waals surface area (Å²) in [6.07, 6.45) is 4.08. The minimum absolute atomic E-state index is 0.656. The van der Waals surface area contributed by atoms with E-state index in [4.69, 9.17) is 12.2 Å². The molecule has 86 valence electrons. The van der Waals surface area contributed by atoms with Gasteiger partial charge in [-0.1, -0.05) is 13.3 Å². The third-order valence-electron chi connectivity index (χ3n) is 2.72. The normalized spacial score (nSPS) is 11.4. The summed E-state index contributed by atoms with van der Waals surface area (Å²) in [5.74, 6) is 0. The maximum atomic E-state index is 5.10. The van der Waals surface area contributed by atoms with Gasteiger partial charge in [0.2, 0.25) is 0 Å². The lowest BCUT2D eigenvalue weighted by molar-refractivity contribution is 0.893. The van der Waals surface area contributed by atoms with Crippen molar-refractivity contribution in [3.8, 4) is 0 Å². The lowest BCUT2D eigenvalue weighted by atomic mass is 10.1. The number of aromatic amines is 1. The van der Waals surface area contributed by atoms with Crippen molar-refractivity contribution < 1.29 is 0 Å². The number of thiazole rings is 1. The van der Waals surface area contributed by atoms with Gasteiger partial charge in [-0.05, 0) is 30.8 Å². The zero-order valence-corrected chi connectivity index (χ0v) is 11.0. The van der Waals surface area contributed by atoms with Crippen LogP contribution in [0, 0.1) is 3.95 Å². The van der Waals surface area contributed by atoms with Crippen LogP contribution >= 0.6 is 23.6 Å². The fourth-order valence-corrected chi connectivity index (χ4v) is 3.02. The number of H-pyrrole nitrogens is 1. The molecule has 3 aromatic heterocycles. The predicted octanol–water partition coefficient (Wildman–Crippen LogP) is 3.85. The van der Waals surface area contributed by atoms with E-state index in [1.165, 1.54) is 22.4 Å². The van der Waals surface area contributed by atoms with Gasteiger partial charge in [0, 0.05) is 17.3 Å². The van der Waals surface area contributed by atoms with Crippen LogP contribution in [0.25, 0.3) is 21.3 Å². The Morgan fingerprint density at radius 2 is 2.29 bits per heavy atom.